The average Bonchev–Trinajstić information content (AvgIpc) is 3.21. The zero-order chi connectivity index (χ0) is 25.7. The first kappa shape index (κ1) is 25.9. The van der Waals surface area contributed by atoms with E-state index in [-0.39, 0.29) is 24.1 Å². The molecule has 0 radical (unpaired) electrons. The number of carboxylic acids is 1. The highest BCUT2D eigenvalue weighted by molar-refractivity contribution is 5.78. The summed E-state index contributed by atoms with van der Waals surface area (Å²) < 4.78 is 20.2. The van der Waals surface area contributed by atoms with Crippen molar-refractivity contribution < 1.29 is 23.8 Å². The smallest absolute Gasteiger partial charge is 0.320 e. The molecule has 2 amide bonds. The first-order valence-corrected chi connectivity index (χ1v) is 13.0. The predicted molar refractivity (Wildman–Crippen MR) is 135 cm³/mol. The number of aliphatic carboxylic acids is 1. The van der Waals surface area contributed by atoms with E-state index in [1.165, 1.54) is 36.2 Å². The first-order chi connectivity index (χ1) is 17.3. The average molecular weight is 498 g/mol. The molecule has 0 unspecified atom stereocenters. The van der Waals surface area contributed by atoms with Crippen molar-refractivity contribution in [3.05, 3.63) is 58.7 Å². The monoisotopic (exact) mass is 497 g/mol. The Labute approximate surface area is 212 Å². The van der Waals surface area contributed by atoms with E-state index in [4.69, 9.17) is 9.72 Å². The summed E-state index contributed by atoms with van der Waals surface area (Å²) in [4.78, 5) is 32.9. The Morgan fingerprint density at radius 1 is 1.17 bits per heavy atom. The van der Waals surface area contributed by atoms with E-state index in [1.54, 1.807) is 15.9 Å². The number of urea groups is 1. The van der Waals surface area contributed by atoms with Gasteiger partial charge in [-0.25, -0.2) is 9.18 Å². The van der Waals surface area contributed by atoms with Crippen molar-refractivity contribution in [3.8, 4) is 5.75 Å². The molecule has 7 nitrogen and oxygen atoms in total. The molecule has 1 aromatic heterocycles. The van der Waals surface area contributed by atoms with Crippen LogP contribution in [0.25, 0.3) is 0 Å². The number of hydrogen-bond donors (Lipinski definition) is 1. The van der Waals surface area contributed by atoms with Crippen LogP contribution in [-0.4, -0.2) is 58.1 Å². The number of amides is 2. The quantitative estimate of drug-likeness (QED) is 0.471. The molecule has 1 N–H and O–H groups in total. The number of carboxylic acid groups (broad SMARTS) is 1. The SMILES string of the molecule is CC(C)COc1ccc([C@H](CC(=O)O)N2CCN(CCCc3ccc4c(n3)CCCC4)C2=O)cc1F. The highest BCUT2D eigenvalue weighted by atomic mass is 19.1. The number of pyridine rings is 1. The normalized spacial score (nSPS) is 16.4. The molecule has 2 aromatic rings. The van der Waals surface area contributed by atoms with Gasteiger partial charge in [-0.05, 0) is 73.8 Å². The summed E-state index contributed by atoms with van der Waals surface area (Å²) in [5.74, 6) is -1.21. The van der Waals surface area contributed by atoms with E-state index in [1.807, 2.05) is 13.8 Å². The standard InChI is InChI=1S/C28H36FN3O4/c1-19(2)18-36-26-12-10-21(16-23(26)29)25(17-27(33)34)32-15-14-31(28(32)35)13-5-7-22-11-9-20-6-3-4-8-24(20)30-22/h9-12,16,19,25H,3-8,13-15,17-18H2,1-2H3,(H,33,34)/t25-/m0/s1. The Kier molecular flexibility index (Phi) is 8.44. The third-order valence-corrected chi connectivity index (χ3v) is 6.88. The molecule has 0 bridgehead atoms. The molecule has 1 aliphatic heterocycles. The highest BCUT2D eigenvalue weighted by Crippen LogP contribution is 2.31. The molecule has 0 saturated carbocycles. The number of rotatable bonds is 11. The minimum Gasteiger partial charge on any atom is -0.490 e. The summed E-state index contributed by atoms with van der Waals surface area (Å²) in [6.07, 6.45) is 5.85. The zero-order valence-corrected chi connectivity index (χ0v) is 21.2. The van der Waals surface area contributed by atoms with Crippen LogP contribution in [0.3, 0.4) is 0 Å². The minimum atomic E-state index is -1.04. The maximum Gasteiger partial charge on any atom is 0.320 e. The second-order valence-electron chi connectivity index (χ2n) is 10.2. The Bertz CT molecular complexity index is 1090. The van der Waals surface area contributed by atoms with E-state index in [0.29, 0.717) is 31.8 Å². The van der Waals surface area contributed by atoms with Gasteiger partial charge >= 0.3 is 12.0 Å². The Morgan fingerprint density at radius 2 is 1.97 bits per heavy atom. The maximum atomic E-state index is 14.7. The topological polar surface area (TPSA) is 83.0 Å². The molecule has 2 heterocycles. The van der Waals surface area contributed by atoms with Crippen LogP contribution in [0.15, 0.2) is 30.3 Å². The molecule has 4 rings (SSSR count). The Morgan fingerprint density at radius 3 is 2.72 bits per heavy atom. The molecule has 2 aliphatic rings. The molecule has 1 fully saturated rings. The maximum absolute atomic E-state index is 14.7. The van der Waals surface area contributed by atoms with Crippen LogP contribution in [0.2, 0.25) is 0 Å². The van der Waals surface area contributed by atoms with E-state index in [0.717, 1.165) is 31.4 Å². The number of benzene rings is 1. The predicted octanol–water partition coefficient (Wildman–Crippen LogP) is 5.02. The van der Waals surface area contributed by atoms with Crippen LogP contribution in [0, 0.1) is 11.7 Å². The van der Waals surface area contributed by atoms with Crippen LogP contribution in [0.5, 0.6) is 5.75 Å². The number of nitrogens with zero attached hydrogens (tertiary/aromatic N) is 3. The van der Waals surface area contributed by atoms with Crippen LogP contribution < -0.4 is 4.74 Å². The molecule has 36 heavy (non-hydrogen) atoms. The van der Waals surface area contributed by atoms with Crippen molar-refractivity contribution in [1.29, 1.82) is 0 Å². The van der Waals surface area contributed by atoms with Crippen molar-refractivity contribution in [1.82, 2.24) is 14.8 Å². The second kappa shape index (κ2) is 11.7. The van der Waals surface area contributed by atoms with Crippen molar-refractivity contribution in [2.24, 2.45) is 5.92 Å². The molecule has 1 aliphatic carbocycles. The van der Waals surface area contributed by atoms with Gasteiger partial charge in [-0.1, -0.05) is 26.0 Å². The molecular weight excluding hydrogens is 461 g/mol. The molecule has 1 atom stereocenters. The molecule has 1 aromatic carbocycles. The van der Waals surface area contributed by atoms with Crippen molar-refractivity contribution in [3.63, 3.8) is 0 Å². The number of aromatic nitrogens is 1. The lowest BCUT2D eigenvalue weighted by Gasteiger charge is -2.27. The number of aryl methyl sites for hydroxylation is 3. The van der Waals surface area contributed by atoms with E-state index < -0.39 is 17.8 Å². The van der Waals surface area contributed by atoms with Gasteiger partial charge in [-0.15, -0.1) is 0 Å². The van der Waals surface area contributed by atoms with Crippen LogP contribution in [-0.2, 0) is 24.1 Å². The van der Waals surface area contributed by atoms with Crippen molar-refractivity contribution in [2.45, 2.75) is 64.8 Å². The van der Waals surface area contributed by atoms with Gasteiger partial charge in [-0.2, -0.15) is 0 Å². The molecule has 0 spiro atoms. The number of carbonyl (C=O) groups excluding carboxylic acids is 1. The summed E-state index contributed by atoms with van der Waals surface area (Å²) >= 11 is 0. The van der Waals surface area contributed by atoms with Gasteiger partial charge in [0.25, 0.3) is 0 Å². The summed E-state index contributed by atoms with van der Waals surface area (Å²) in [6, 6.07) is 7.80. The van der Waals surface area contributed by atoms with Crippen molar-refractivity contribution in [2.75, 3.05) is 26.2 Å². The van der Waals surface area contributed by atoms with Crippen LogP contribution in [0.4, 0.5) is 9.18 Å². The fourth-order valence-corrected chi connectivity index (χ4v) is 4.99. The third kappa shape index (κ3) is 6.33. The van der Waals surface area contributed by atoms with Gasteiger partial charge in [0.15, 0.2) is 11.6 Å². The largest absolute Gasteiger partial charge is 0.490 e. The van der Waals surface area contributed by atoms with E-state index in [2.05, 4.69) is 12.1 Å². The number of carbonyl (C=O) groups is 2. The van der Waals surface area contributed by atoms with Gasteiger partial charge in [-0.3, -0.25) is 9.78 Å². The fraction of sp³-hybridized carbons (Fsp3) is 0.536. The number of fused-ring (bicyclic) bond motifs is 1. The van der Waals surface area contributed by atoms with Crippen LogP contribution in [0.1, 0.15) is 68.1 Å². The van der Waals surface area contributed by atoms with Gasteiger partial charge < -0.3 is 19.6 Å². The van der Waals surface area contributed by atoms with Crippen molar-refractivity contribution >= 4 is 12.0 Å². The minimum absolute atomic E-state index is 0.131. The first-order valence-electron chi connectivity index (χ1n) is 13.0. The molecular formula is C28H36FN3O4. The second-order valence-corrected chi connectivity index (χ2v) is 10.2. The van der Waals surface area contributed by atoms with Crippen LogP contribution >= 0.6 is 0 Å². The van der Waals surface area contributed by atoms with Gasteiger partial charge in [0.2, 0.25) is 0 Å². The van der Waals surface area contributed by atoms with E-state index in [9.17, 15) is 19.1 Å². The molecule has 1 saturated heterocycles. The third-order valence-electron chi connectivity index (χ3n) is 6.88. The van der Waals surface area contributed by atoms with Gasteiger partial charge in [0.1, 0.15) is 0 Å². The number of hydrogen-bond acceptors (Lipinski definition) is 4. The summed E-state index contributed by atoms with van der Waals surface area (Å²) in [5.41, 5.74) is 4.08. The summed E-state index contributed by atoms with van der Waals surface area (Å²) in [6.45, 7) is 5.83. The Balaban J connectivity index is 1.38. The van der Waals surface area contributed by atoms with E-state index >= 15 is 0 Å². The lowest BCUT2D eigenvalue weighted by molar-refractivity contribution is -0.138. The molecule has 194 valence electrons. The lowest BCUT2D eigenvalue weighted by Crippen LogP contribution is -2.36. The summed E-state index contributed by atoms with van der Waals surface area (Å²) in [7, 11) is 0. The number of halogens is 1. The summed E-state index contributed by atoms with van der Waals surface area (Å²) in [5, 5.41) is 9.50. The van der Waals surface area contributed by atoms with Gasteiger partial charge in [0.05, 0.1) is 19.1 Å². The molecule has 8 heteroatoms. The number of ether oxygens (including phenoxy) is 1. The zero-order valence-electron chi connectivity index (χ0n) is 21.2. The highest BCUT2D eigenvalue weighted by Gasteiger charge is 2.35. The fourth-order valence-electron chi connectivity index (χ4n) is 4.99. The lowest BCUT2D eigenvalue weighted by atomic mass is 9.95. The Hall–Kier alpha value is -3.16. The van der Waals surface area contributed by atoms with Gasteiger partial charge in [0, 0.05) is 31.0 Å².